The molecule has 0 unspecified atom stereocenters. The molecule has 3 aromatic heterocycles. The standard InChI is InChI=1S/C19H19F3N4O2S/c1-9-3-4-13-17(23-9)26-16(25-13)11-7-12(11)18(27)24-10(2)14-5-6-15(29-14)28-8-19(20,21)22/h3-6,10-12H,7-8H2,1-2H3,(H,24,27)(H,23,25,26)/t10-,11-,12-/m1/s1. The summed E-state index contributed by atoms with van der Waals surface area (Å²) in [5.41, 5.74) is 2.38. The van der Waals surface area contributed by atoms with Gasteiger partial charge >= 0.3 is 6.18 Å². The van der Waals surface area contributed by atoms with Crippen molar-refractivity contribution in [2.24, 2.45) is 5.92 Å². The van der Waals surface area contributed by atoms with Gasteiger partial charge in [0.15, 0.2) is 17.3 Å². The largest absolute Gasteiger partial charge is 0.475 e. The van der Waals surface area contributed by atoms with Crippen molar-refractivity contribution in [3.63, 3.8) is 0 Å². The molecule has 0 radical (unpaired) electrons. The maximum Gasteiger partial charge on any atom is 0.422 e. The molecule has 29 heavy (non-hydrogen) atoms. The zero-order valence-electron chi connectivity index (χ0n) is 15.7. The lowest BCUT2D eigenvalue weighted by atomic mass is 10.2. The third-order valence-electron chi connectivity index (χ3n) is 4.74. The number of carbonyl (C=O) groups excluding carboxylic acids is 1. The van der Waals surface area contributed by atoms with Gasteiger partial charge in [-0.1, -0.05) is 0 Å². The van der Waals surface area contributed by atoms with E-state index in [1.807, 2.05) is 19.1 Å². The number of aromatic nitrogens is 3. The van der Waals surface area contributed by atoms with Crippen LogP contribution in [0.25, 0.3) is 11.2 Å². The Bertz CT molecular complexity index is 1050. The van der Waals surface area contributed by atoms with E-state index in [-0.39, 0.29) is 28.8 Å². The first-order valence-corrected chi connectivity index (χ1v) is 9.94. The van der Waals surface area contributed by atoms with E-state index < -0.39 is 12.8 Å². The number of H-pyrrole nitrogens is 1. The van der Waals surface area contributed by atoms with Crippen LogP contribution < -0.4 is 10.1 Å². The first-order chi connectivity index (χ1) is 13.7. The van der Waals surface area contributed by atoms with E-state index >= 15 is 0 Å². The third kappa shape index (κ3) is 4.52. The molecule has 3 heterocycles. The topological polar surface area (TPSA) is 79.9 Å². The van der Waals surface area contributed by atoms with Crippen LogP contribution in [0.1, 0.15) is 41.7 Å². The van der Waals surface area contributed by atoms with E-state index in [4.69, 9.17) is 4.74 Å². The van der Waals surface area contributed by atoms with Crippen LogP contribution >= 0.6 is 11.3 Å². The van der Waals surface area contributed by atoms with Crippen molar-refractivity contribution in [3.05, 3.63) is 40.7 Å². The Morgan fingerprint density at radius 2 is 2.14 bits per heavy atom. The number of amides is 1. The first kappa shape index (κ1) is 19.7. The summed E-state index contributed by atoms with van der Waals surface area (Å²) in [5, 5.41) is 3.10. The summed E-state index contributed by atoms with van der Waals surface area (Å²) in [6, 6.07) is 6.61. The summed E-state index contributed by atoms with van der Waals surface area (Å²) < 4.78 is 41.5. The lowest BCUT2D eigenvalue weighted by molar-refractivity contribution is -0.152. The summed E-state index contributed by atoms with van der Waals surface area (Å²) in [4.78, 5) is 25.4. The smallest absolute Gasteiger partial charge is 0.422 e. The molecule has 1 fully saturated rings. The number of pyridine rings is 1. The van der Waals surface area contributed by atoms with Crippen LogP contribution in [0.15, 0.2) is 24.3 Å². The van der Waals surface area contributed by atoms with Crippen LogP contribution in [0.5, 0.6) is 5.06 Å². The number of hydrogen-bond donors (Lipinski definition) is 2. The average molecular weight is 424 g/mol. The molecule has 154 valence electrons. The summed E-state index contributed by atoms with van der Waals surface area (Å²) >= 11 is 1.09. The molecule has 4 rings (SSSR count). The summed E-state index contributed by atoms with van der Waals surface area (Å²) in [6.45, 7) is 2.37. The van der Waals surface area contributed by atoms with E-state index in [1.54, 1.807) is 13.0 Å². The highest BCUT2D eigenvalue weighted by Crippen LogP contribution is 2.47. The second-order valence-electron chi connectivity index (χ2n) is 7.18. The quantitative estimate of drug-likeness (QED) is 0.620. The lowest BCUT2D eigenvalue weighted by Crippen LogP contribution is -2.28. The molecule has 0 aliphatic heterocycles. The van der Waals surface area contributed by atoms with E-state index in [2.05, 4.69) is 20.3 Å². The second kappa shape index (κ2) is 7.33. The molecular formula is C19H19F3N4O2S. The highest BCUT2D eigenvalue weighted by molar-refractivity contribution is 7.13. The number of halogens is 3. The molecular weight excluding hydrogens is 405 g/mol. The summed E-state index contributed by atoms with van der Waals surface area (Å²) in [7, 11) is 0. The zero-order chi connectivity index (χ0) is 20.8. The Kier molecular flexibility index (Phi) is 4.97. The minimum absolute atomic E-state index is 0.0192. The van der Waals surface area contributed by atoms with Crippen LogP contribution in [0.2, 0.25) is 0 Å². The number of aromatic amines is 1. The third-order valence-corrected chi connectivity index (χ3v) is 5.93. The number of nitrogens with one attached hydrogen (secondary N) is 2. The van der Waals surface area contributed by atoms with Gasteiger partial charge < -0.3 is 15.0 Å². The number of imidazole rings is 1. The summed E-state index contributed by atoms with van der Waals surface area (Å²) in [5.74, 6) is 0.494. The Hall–Kier alpha value is -2.62. The number of fused-ring (bicyclic) bond motifs is 1. The molecule has 10 heteroatoms. The number of nitrogens with zero attached hydrogens (tertiary/aromatic N) is 2. The number of ether oxygens (including phenoxy) is 1. The maximum absolute atomic E-state index is 12.6. The molecule has 0 saturated heterocycles. The SMILES string of the molecule is Cc1ccc2nc([C@@H]3C[C@H]3C(=O)N[C@H](C)c3ccc(OCC(F)(F)F)s3)[nH]c2n1. The van der Waals surface area contributed by atoms with Crippen LogP contribution in [0.3, 0.4) is 0 Å². The van der Waals surface area contributed by atoms with E-state index in [1.165, 1.54) is 6.07 Å². The van der Waals surface area contributed by atoms with Crippen LogP contribution in [-0.4, -0.2) is 33.6 Å². The predicted octanol–water partition coefficient (Wildman–Crippen LogP) is 4.25. The van der Waals surface area contributed by atoms with Gasteiger partial charge in [-0.2, -0.15) is 13.2 Å². The van der Waals surface area contributed by atoms with Gasteiger partial charge in [0, 0.05) is 22.4 Å². The zero-order valence-corrected chi connectivity index (χ0v) is 16.5. The second-order valence-corrected chi connectivity index (χ2v) is 8.26. The number of hydrogen-bond acceptors (Lipinski definition) is 5. The fourth-order valence-corrected chi connectivity index (χ4v) is 4.02. The number of alkyl halides is 3. The fourth-order valence-electron chi connectivity index (χ4n) is 3.16. The highest BCUT2D eigenvalue weighted by atomic mass is 32.1. The predicted molar refractivity (Wildman–Crippen MR) is 102 cm³/mol. The Morgan fingerprint density at radius 1 is 1.34 bits per heavy atom. The molecule has 3 atom stereocenters. The normalized spacial score (nSPS) is 19.9. The van der Waals surface area contributed by atoms with E-state index in [0.717, 1.165) is 33.2 Å². The fraction of sp³-hybridized carbons (Fsp3) is 0.421. The number of thiophene rings is 1. The molecule has 6 nitrogen and oxygen atoms in total. The van der Waals surface area contributed by atoms with Gasteiger partial charge in [-0.05, 0) is 44.5 Å². The van der Waals surface area contributed by atoms with Gasteiger partial charge in [0.2, 0.25) is 5.91 Å². The van der Waals surface area contributed by atoms with Gasteiger partial charge in [-0.25, -0.2) is 9.97 Å². The molecule has 1 aliphatic rings. The van der Waals surface area contributed by atoms with Gasteiger partial charge in [0.1, 0.15) is 11.3 Å². The molecule has 0 bridgehead atoms. The molecule has 0 aromatic carbocycles. The number of carbonyl (C=O) groups is 1. The number of aryl methyl sites for hydroxylation is 1. The van der Waals surface area contributed by atoms with Crippen molar-refractivity contribution in [1.29, 1.82) is 0 Å². The monoisotopic (exact) mass is 424 g/mol. The van der Waals surface area contributed by atoms with Crippen molar-refractivity contribution in [2.45, 2.75) is 38.4 Å². The average Bonchev–Trinajstić information content (AvgIpc) is 3.11. The van der Waals surface area contributed by atoms with Crippen LogP contribution in [0.4, 0.5) is 13.2 Å². The van der Waals surface area contributed by atoms with Crippen molar-refractivity contribution < 1.29 is 22.7 Å². The maximum atomic E-state index is 12.6. The highest BCUT2D eigenvalue weighted by Gasteiger charge is 2.46. The molecule has 2 N–H and O–H groups in total. The van der Waals surface area contributed by atoms with Gasteiger partial charge in [-0.15, -0.1) is 11.3 Å². The summed E-state index contributed by atoms with van der Waals surface area (Å²) in [6.07, 6.45) is -3.68. The van der Waals surface area contributed by atoms with Gasteiger partial charge in [-0.3, -0.25) is 4.79 Å². The van der Waals surface area contributed by atoms with E-state index in [9.17, 15) is 18.0 Å². The Labute approximate surface area is 168 Å². The van der Waals surface area contributed by atoms with Crippen molar-refractivity contribution in [1.82, 2.24) is 20.3 Å². The van der Waals surface area contributed by atoms with Crippen LogP contribution in [0, 0.1) is 12.8 Å². The lowest BCUT2D eigenvalue weighted by Gasteiger charge is -2.12. The molecule has 1 amide bonds. The Morgan fingerprint density at radius 3 is 2.90 bits per heavy atom. The molecule has 0 spiro atoms. The van der Waals surface area contributed by atoms with Crippen molar-refractivity contribution >= 4 is 28.4 Å². The van der Waals surface area contributed by atoms with Crippen molar-refractivity contribution in [2.75, 3.05) is 6.61 Å². The number of rotatable bonds is 6. The van der Waals surface area contributed by atoms with E-state index in [0.29, 0.717) is 12.1 Å². The minimum atomic E-state index is -4.38. The molecule has 1 aliphatic carbocycles. The van der Waals surface area contributed by atoms with Gasteiger partial charge in [0.25, 0.3) is 0 Å². The van der Waals surface area contributed by atoms with Crippen LogP contribution in [-0.2, 0) is 4.79 Å². The minimum Gasteiger partial charge on any atom is -0.475 e. The Balaban J connectivity index is 1.34. The van der Waals surface area contributed by atoms with Crippen molar-refractivity contribution in [3.8, 4) is 5.06 Å². The molecule has 1 saturated carbocycles. The first-order valence-electron chi connectivity index (χ1n) is 9.12. The van der Waals surface area contributed by atoms with Gasteiger partial charge in [0.05, 0.1) is 6.04 Å². The molecule has 3 aromatic rings.